The second-order valence-electron chi connectivity index (χ2n) is 8.48. The Hall–Kier alpha value is -1.66. The topological polar surface area (TPSA) is 56.2 Å². The zero-order chi connectivity index (χ0) is 19.5. The molecule has 0 aliphatic carbocycles. The van der Waals surface area contributed by atoms with Gasteiger partial charge < -0.3 is 19.8 Å². The van der Waals surface area contributed by atoms with Crippen molar-refractivity contribution in [2.24, 2.45) is 11.8 Å². The van der Waals surface area contributed by atoms with E-state index in [1.165, 1.54) is 16.3 Å². The van der Waals surface area contributed by atoms with Crippen LogP contribution in [0.25, 0.3) is 10.8 Å². The van der Waals surface area contributed by atoms with E-state index in [0.29, 0.717) is 11.8 Å². The first-order chi connectivity index (χ1) is 13.6. The van der Waals surface area contributed by atoms with Crippen molar-refractivity contribution in [1.29, 1.82) is 0 Å². The molecule has 2 atom stereocenters. The minimum Gasteiger partial charge on any atom is -0.497 e. The highest BCUT2D eigenvalue weighted by atomic mass is 16.5. The van der Waals surface area contributed by atoms with Gasteiger partial charge in [0.05, 0.1) is 13.2 Å². The molecular weight excluding hydrogens is 352 g/mol. The Balaban J connectivity index is 1.39. The van der Waals surface area contributed by atoms with Crippen LogP contribution < -0.4 is 4.74 Å². The van der Waals surface area contributed by atoms with Gasteiger partial charge in [-0.3, -0.25) is 4.90 Å². The zero-order valence-electron chi connectivity index (χ0n) is 16.8. The van der Waals surface area contributed by atoms with Gasteiger partial charge in [-0.05, 0) is 59.2 Å². The van der Waals surface area contributed by atoms with Gasteiger partial charge in [-0.15, -0.1) is 0 Å². The smallest absolute Gasteiger partial charge is 0.119 e. The average molecular weight is 385 g/mol. The van der Waals surface area contributed by atoms with E-state index in [0.717, 1.165) is 57.9 Å². The third kappa shape index (κ3) is 4.49. The fourth-order valence-corrected chi connectivity index (χ4v) is 4.77. The van der Waals surface area contributed by atoms with Gasteiger partial charge in [0.15, 0.2) is 0 Å². The maximum Gasteiger partial charge on any atom is 0.119 e. The van der Waals surface area contributed by atoms with Crippen LogP contribution in [0.5, 0.6) is 5.75 Å². The summed E-state index contributed by atoms with van der Waals surface area (Å²) in [6.45, 7) is 6.16. The number of fused-ring (bicyclic) bond motifs is 1. The lowest BCUT2D eigenvalue weighted by atomic mass is 9.95. The van der Waals surface area contributed by atoms with Crippen molar-refractivity contribution in [2.45, 2.75) is 25.5 Å². The summed E-state index contributed by atoms with van der Waals surface area (Å²) >= 11 is 0. The van der Waals surface area contributed by atoms with E-state index in [-0.39, 0.29) is 12.7 Å². The summed E-state index contributed by atoms with van der Waals surface area (Å²) in [4.78, 5) is 4.95. The van der Waals surface area contributed by atoms with Gasteiger partial charge in [-0.25, -0.2) is 0 Å². The molecule has 5 nitrogen and oxygen atoms in total. The van der Waals surface area contributed by atoms with Crippen molar-refractivity contribution >= 4 is 10.8 Å². The van der Waals surface area contributed by atoms with Crippen LogP contribution in [0, 0.1) is 11.8 Å². The first-order valence-corrected chi connectivity index (χ1v) is 10.4. The summed E-state index contributed by atoms with van der Waals surface area (Å²) in [6.07, 6.45) is 1.63. The van der Waals surface area contributed by atoms with Crippen molar-refractivity contribution in [3.63, 3.8) is 0 Å². The molecule has 2 fully saturated rings. The van der Waals surface area contributed by atoms with Crippen molar-refractivity contribution in [2.75, 3.05) is 46.4 Å². The lowest BCUT2D eigenvalue weighted by molar-refractivity contribution is 0.0684. The maximum absolute atomic E-state index is 9.89. The number of aliphatic hydroxyl groups is 2. The predicted molar refractivity (Wildman–Crippen MR) is 112 cm³/mol. The van der Waals surface area contributed by atoms with Crippen molar-refractivity contribution in [3.05, 3.63) is 42.0 Å². The van der Waals surface area contributed by atoms with Gasteiger partial charge in [-0.1, -0.05) is 18.2 Å². The third-order valence-corrected chi connectivity index (χ3v) is 6.45. The first-order valence-electron chi connectivity index (χ1n) is 10.4. The van der Waals surface area contributed by atoms with Crippen LogP contribution in [0.2, 0.25) is 0 Å². The van der Waals surface area contributed by atoms with Gasteiger partial charge in [0.25, 0.3) is 0 Å². The molecule has 2 aromatic carbocycles. The quantitative estimate of drug-likeness (QED) is 0.801. The Bertz CT molecular complexity index is 789. The fraction of sp³-hybridized carbons (Fsp3) is 0.565. The number of methoxy groups -OCH3 is 1. The molecule has 0 bridgehead atoms. The fourth-order valence-electron chi connectivity index (χ4n) is 4.77. The number of hydrogen-bond acceptors (Lipinski definition) is 5. The largest absolute Gasteiger partial charge is 0.497 e. The van der Waals surface area contributed by atoms with Crippen molar-refractivity contribution in [3.8, 4) is 5.75 Å². The number of nitrogens with zero attached hydrogens (tertiary/aromatic N) is 2. The summed E-state index contributed by atoms with van der Waals surface area (Å²) in [5.74, 6) is 1.74. The average Bonchev–Trinajstić information content (AvgIpc) is 3.10. The Morgan fingerprint density at radius 1 is 0.964 bits per heavy atom. The standard InChI is InChI=1S/C23H32N2O3/c1-28-23-5-4-18-10-17(2-3-19(18)11-23)12-25-14-20(21(15-25)16-26)13-24-8-6-22(27)7-9-24/h2-5,10-11,20-22,26-27H,6-9,12-16H2,1H3/t20-,21-/m1/s1. The van der Waals surface area contributed by atoms with Gasteiger partial charge in [0.2, 0.25) is 0 Å². The number of piperidine rings is 1. The summed E-state index contributed by atoms with van der Waals surface area (Å²) in [6, 6.07) is 12.8. The Morgan fingerprint density at radius 2 is 1.68 bits per heavy atom. The molecule has 152 valence electrons. The van der Waals surface area contributed by atoms with Gasteiger partial charge in [-0.2, -0.15) is 0 Å². The van der Waals surface area contributed by atoms with E-state index < -0.39 is 0 Å². The molecule has 0 radical (unpaired) electrons. The molecule has 2 N–H and O–H groups in total. The van der Waals surface area contributed by atoms with E-state index in [9.17, 15) is 10.2 Å². The summed E-state index contributed by atoms with van der Waals surface area (Å²) in [5, 5.41) is 22.0. The molecule has 0 aromatic heterocycles. The van der Waals surface area contributed by atoms with E-state index >= 15 is 0 Å². The SMILES string of the molecule is COc1ccc2cc(CN3C[C@@H](CN4CCC(O)CC4)[C@@H](CO)C3)ccc2c1. The highest BCUT2D eigenvalue weighted by Crippen LogP contribution is 2.28. The van der Waals surface area contributed by atoms with Crippen molar-refractivity contribution < 1.29 is 14.9 Å². The summed E-state index contributed by atoms with van der Waals surface area (Å²) < 4.78 is 5.31. The van der Waals surface area contributed by atoms with Crippen LogP contribution >= 0.6 is 0 Å². The second-order valence-corrected chi connectivity index (χ2v) is 8.48. The molecule has 0 unspecified atom stereocenters. The first kappa shape index (κ1) is 19.6. The summed E-state index contributed by atoms with van der Waals surface area (Å²) in [7, 11) is 1.70. The second kappa shape index (κ2) is 8.78. The Kier molecular flexibility index (Phi) is 6.16. The lowest BCUT2D eigenvalue weighted by Crippen LogP contribution is -2.40. The number of benzene rings is 2. The van der Waals surface area contributed by atoms with Gasteiger partial charge in [0.1, 0.15) is 5.75 Å². The van der Waals surface area contributed by atoms with E-state index in [1.807, 2.05) is 6.07 Å². The number of aliphatic hydroxyl groups excluding tert-OH is 2. The zero-order valence-corrected chi connectivity index (χ0v) is 16.8. The van der Waals surface area contributed by atoms with E-state index in [4.69, 9.17) is 4.74 Å². The van der Waals surface area contributed by atoms with Gasteiger partial charge in [0, 0.05) is 45.9 Å². The molecule has 0 amide bonds. The number of ether oxygens (including phenoxy) is 1. The summed E-state index contributed by atoms with van der Waals surface area (Å²) in [5.41, 5.74) is 1.32. The monoisotopic (exact) mass is 384 g/mol. The normalized spacial score (nSPS) is 24.8. The van der Waals surface area contributed by atoms with Crippen LogP contribution in [0.4, 0.5) is 0 Å². The van der Waals surface area contributed by atoms with E-state index in [1.54, 1.807) is 7.11 Å². The van der Waals surface area contributed by atoms with Crippen LogP contribution in [-0.4, -0.2) is 72.6 Å². The van der Waals surface area contributed by atoms with Crippen LogP contribution in [-0.2, 0) is 6.54 Å². The minimum absolute atomic E-state index is 0.127. The molecule has 0 spiro atoms. The molecule has 28 heavy (non-hydrogen) atoms. The molecule has 0 saturated carbocycles. The van der Waals surface area contributed by atoms with E-state index in [2.05, 4.69) is 40.1 Å². The highest BCUT2D eigenvalue weighted by Gasteiger charge is 2.34. The number of likely N-dealkylation sites (tertiary alicyclic amines) is 2. The molecule has 2 aliphatic heterocycles. The Labute approximate surface area is 167 Å². The Morgan fingerprint density at radius 3 is 2.43 bits per heavy atom. The van der Waals surface area contributed by atoms with Gasteiger partial charge >= 0.3 is 0 Å². The molecule has 2 aliphatic rings. The number of rotatable bonds is 6. The third-order valence-electron chi connectivity index (χ3n) is 6.45. The van der Waals surface area contributed by atoms with Crippen LogP contribution in [0.15, 0.2) is 36.4 Å². The minimum atomic E-state index is -0.127. The maximum atomic E-state index is 9.89. The van der Waals surface area contributed by atoms with Crippen LogP contribution in [0.1, 0.15) is 18.4 Å². The predicted octanol–water partition coefficient (Wildman–Crippen LogP) is 2.35. The number of hydrogen-bond donors (Lipinski definition) is 2. The molecular formula is C23H32N2O3. The van der Waals surface area contributed by atoms with Crippen molar-refractivity contribution in [1.82, 2.24) is 9.80 Å². The van der Waals surface area contributed by atoms with Crippen LogP contribution in [0.3, 0.4) is 0 Å². The molecule has 2 heterocycles. The molecule has 2 saturated heterocycles. The highest BCUT2D eigenvalue weighted by molar-refractivity contribution is 5.84. The lowest BCUT2D eigenvalue weighted by Gasteiger charge is -2.32. The molecule has 4 rings (SSSR count). The molecule has 5 heteroatoms. The molecule has 2 aromatic rings.